The molecule has 2 aromatic carbocycles. The van der Waals surface area contributed by atoms with Crippen LogP contribution in [0.15, 0.2) is 60.0 Å². The standard InChI is InChI=1S/C24H25N5O3S2/c30-34(31,32)28-19-11-9-17(10-12-19)15-25-22-21-20(18-7-3-1-4-8-18)16-33-23(21)27-24(26-22)29-13-5-2-6-14-29/h1,3-4,7-12,16,28H,2,5-6,13-15H2,(H,25,26,27)(H,30,31,32). The molecule has 5 rings (SSSR count). The van der Waals surface area contributed by atoms with E-state index in [4.69, 9.17) is 14.5 Å². The predicted molar refractivity (Wildman–Crippen MR) is 138 cm³/mol. The van der Waals surface area contributed by atoms with Gasteiger partial charge in [0.15, 0.2) is 0 Å². The second-order valence-corrected chi connectivity index (χ2v) is 10.3. The van der Waals surface area contributed by atoms with E-state index in [1.807, 2.05) is 18.2 Å². The maximum Gasteiger partial charge on any atom is 0.357 e. The highest BCUT2D eigenvalue weighted by atomic mass is 32.2. The van der Waals surface area contributed by atoms with Crippen molar-refractivity contribution in [1.29, 1.82) is 0 Å². The first-order valence-electron chi connectivity index (χ1n) is 11.1. The summed E-state index contributed by atoms with van der Waals surface area (Å²) in [4.78, 5) is 13.1. The Hall–Kier alpha value is -3.21. The minimum absolute atomic E-state index is 0.298. The van der Waals surface area contributed by atoms with Crippen molar-refractivity contribution in [1.82, 2.24) is 9.97 Å². The van der Waals surface area contributed by atoms with Crippen LogP contribution in [0.3, 0.4) is 0 Å². The Morgan fingerprint density at radius 1 is 0.971 bits per heavy atom. The lowest BCUT2D eigenvalue weighted by molar-refractivity contribution is 0.489. The maximum atomic E-state index is 11.0. The van der Waals surface area contributed by atoms with E-state index in [2.05, 4.69) is 32.5 Å². The van der Waals surface area contributed by atoms with E-state index in [-0.39, 0.29) is 0 Å². The quantitative estimate of drug-likeness (QED) is 0.303. The molecule has 3 heterocycles. The van der Waals surface area contributed by atoms with Gasteiger partial charge in [-0.3, -0.25) is 9.27 Å². The summed E-state index contributed by atoms with van der Waals surface area (Å²) in [5.41, 5.74) is 3.46. The lowest BCUT2D eigenvalue weighted by Gasteiger charge is -2.27. The van der Waals surface area contributed by atoms with Crippen molar-refractivity contribution in [2.45, 2.75) is 25.8 Å². The number of hydrogen-bond acceptors (Lipinski definition) is 7. The van der Waals surface area contributed by atoms with Gasteiger partial charge in [0.1, 0.15) is 10.6 Å². The third-order valence-corrected chi connectivity index (χ3v) is 7.17. The zero-order chi connectivity index (χ0) is 23.5. The van der Waals surface area contributed by atoms with E-state index in [0.717, 1.165) is 64.6 Å². The molecular formula is C24H25N5O3S2. The number of fused-ring (bicyclic) bond motifs is 1. The minimum atomic E-state index is -4.30. The van der Waals surface area contributed by atoms with Gasteiger partial charge >= 0.3 is 10.3 Å². The summed E-state index contributed by atoms with van der Waals surface area (Å²) in [6.45, 7) is 2.43. The van der Waals surface area contributed by atoms with Gasteiger partial charge in [0.25, 0.3) is 0 Å². The number of benzene rings is 2. The molecule has 8 nitrogen and oxygen atoms in total. The third kappa shape index (κ3) is 5.14. The van der Waals surface area contributed by atoms with Crippen molar-refractivity contribution >= 4 is 49.3 Å². The fraction of sp³-hybridized carbons (Fsp3) is 0.250. The molecule has 0 saturated carbocycles. The number of nitrogens with one attached hydrogen (secondary N) is 2. The average Bonchev–Trinajstić information content (AvgIpc) is 3.28. The molecule has 0 amide bonds. The van der Waals surface area contributed by atoms with E-state index in [0.29, 0.717) is 12.2 Å². The molecule has 0 spiro atoms. The van der Waals surface area contributed by atoms with Crippen LogP contribution >= 0.6 is 11.3 Å². The van der Waals surface area contributed by atoms with E-state index in [1.165, 1.54) is 6.42 Å². The lowest BCUT2D eigenvalue weighted by atomic mass is 10.1. The Kier molecular flexibility index (Phi) is 6.36. The number of hydrogen-bond donors (Lipinski definition) is 3. The van der Waals surface area contributed by atoms with Crippen LogP contribution in [0.1, 0.15) is 24.8 Å². The summed E-state index contributed by atoms with van der Waals surface area (Å²) in [6, 6.07) is 17.1. The summed E-state index contributed by atoms with van der Waals surface area (Å²) >= 11 is 1.62. The van der Waals surface area contributed by atoms with Crippen LogP contribution in [-0.2, 0) is 16.8 Å². The second kappa shape index (κ2) is 9.57. The van der Waals surface area contributed by atoms with Crippen LogP contribution in [0.4, 0.5) is 17.5 Å². The van der Waals surface area contributed by atoms with Crippen LogP contribution in [0.25, 0.3) is 21.3 Å². The summed E-state index contributed by atoms with van der Waals surface area (Å²) < 4.78 is 33.1. The Balaban J connectivity index is 1.48. The van der Waals surface area contributed by atoms with Gasteiger partial charge in [0.2, 0.25) is 5.95 Å². The van der Waals surface area contributed by atoms with Crippen molar-refractivity contribution in [3.05, 3.63) is 65.5 Å². The minimum Gasteiger partial charge on any atom is -0.365 e. The summed E-state index contributed by atoms with van der Waals surface area (Å²) in [6.07, 6.45) is 3.53. The van der Waals surface area contributed by atoms with Crippen LogP contribution in [0.5, 0.6) is 0 Å². The predicted octanol–water partition coefficient (Wildman–Crippen LogP) is 5.18. The Labute approximate surface area is 202 Å². The Bertz CT molecular complexity index is 1380. The number of rotatable bonds is 7. The summed E-state index contributed by atoms with van der Waals surface area (Å²) in [7, 11) is -4.30. The van der Waals surface area contributed by atoms with Crippen molar-refractivity contribution in [3.63, 3.8) is 0 Å². The van der Waals surface area contributed by atoms with Crippen molar-refractivity contribution < 1.29 is 13.0 Å². The second-order valence-electron chi connectivity index (χ2n) is 8.24. The highest BCUT2D eigenvalue weighted by molar-refractivity contribution is 7.87. The smallest absolute Gasteiger partial charge is 0.357 e. The number of anilines is 3. The van der Waals surface area contributed by atoms with Crippen LogP contribution in [-0.4, -0.2) is 36.0 Å². The van der Waals surface area contributed by atoms with Crippen LogP contribution in [0.2, 0.25) is 0 Å². The molecule has 0 bridgehead atoms. The third-order valence-electron chi connectivity index (χ3n) is 5.81. The summed E-state index contributed by atoms with van der Waals surface area (Å²) in [5, 5.41) is 6.62. The number of nitrogens with zero attached hydrogens (tertiary/aromatic N) is 3. The number of thiophene rings is 1. The van der Waals surface area contributed by atoms with Crippen LogP contribution < -0.4 is 14.9 Å². The zero-order valence-corrected chi connectivity index (χ0v) is 20.1. The van der Waals surface area contributed by atoms with Crippen molar-refractivity contribution in [3.8, 4) is 11.1 Å². The lowest BCUT2D eigenvalue weighted by Crippen LogP contribution is -2.31. The molecule has 3 N–H and O–H groups in total. The number of piperidine rings is 1. The Morgan fingerprint density at radius 2 is 1.71 bits per heavy atom. The van der Waals surface area contributed by atoms with E-state index >= 15 is 0 Å². The molecule has 0 radical (unpaired) electrons. The molecule has 10 heteroatoms. The molecular weight excluding hydrogens is 470 g/mol. The Morgan fingerprint density at radius 3 is 2.41 bits per heavy atom. The molecule has 176 valence electrons. The van der Waals surface area contributed by atoms with E-state index in [9.17, 15) is 8.42 Å². The number of aromatic nitrogens is 2. The van der Waals surface area contributed by atoms with Gasteiger partial charge in [-0.05, 0) is 42.5 Å². The summed E-state index contributed by atoms with van der Waals surface area (Å²) in [5.74, 6) is 1.54. The molecule has 1 saturated heterocycles. The molecule has 34 heavy (non-hydrogen) atoms. The topological polar surface area (TPSA) is 107 Å². The van der Waals surface area contributed by atoms with Crippen LogP contribution in [0, 0.1) is 0 Å². The molecule has 4 aromatic rings. The molecule has 2 aromatic heterocycles. The SMILES string of the molecule is O=S(=O)(O)Nc1ccc(CNc2nc(N3CCCCC3)nc3scc(-c4ccccc4)c23)cc1. The van der Waals surface area contributed by atoms with Gasteiger partial charge in [0, 0.05) is 30.6 Å². The monoisotopic (exact) mass is 495 g/mol. The first-order chi connectivity index (χ1) is 16.5. The molecule has 0 aliphatic carbocycles. The average molecular weight is 496 g/mol. The van der Waals surface area contributed by atoms with Gasteiger partial charge in [0.05, 0.1) is 11.1 Å². The zero-order valence-electron chi connectivity index (χ0n) is 18.4. The maximum absolute atomic E-state index is 11.0. The first kappa shape index (κ1) is 22.6. The molecule has 0 unspecified atom stereocenters. The molecule has 1 aliphatic heterocycles. The normalized spacial score (nSPS) is 14.3. The van der Waals surface area contributed by atoms with Gasteiger partial charge < -0.3 is 10.2 Å². The van der Waals surface area contributed by atoms with E-state index in [1.54, 1.807) is 35.6 Å². The fourth-order valence-corrected chi connectivity index (χ4v) is 5.53. The highest BCUT2D eigenvalue weighted by Gasteiger charge is 2.19. The molecule has 1 fully saturated rings. The van der Waals surface area contributed by atoms with Gasteiger partial charge in [-0.25, -0.2) is 4.98 Å². The molecule has 0 atom stereocenters. The van der Waals surface area contributed by atoms with E-state index < -0.39 is 10.3 Å². The van der Waals surface area contributed by atoms with Crippen molar-refractivity contribution in [2.24, 2.45) is 0 Å². The van der Waals surface area contributed by atoms with Gasteiger partial charge in [-0.15, -0.1) is 11.3 Å². The first-order valence-corrected chi connectivity index (χ1v) is 13.5. The largest absolute Gasteiger partial charge is 0.365 e. The highest BCUT2D eigenvalue weighted by Crippen LogP contribution is 2.38. The van der Waals surface area contributed by atoms with Crippen molar-refractivity contribution in [2.75, 3.05) is 28.0 Å². The van der Waals surface area contributed by atoms with Gasteiger partial charge in [-0.1, -0.05) is 42.5 Å². The van der Waals surface area contributed by atoms with Gasteiger partial charge in [-0.2, -0.15) is 13.4 Å². The molecule has 1 aliphatic rings. The fourth-order valence-electron chi connectivity index (χ4n) is 4.15.